The zero-order valence-electron chi connectivity index (χ0n) is 32.7. The van der Waals surface area contributed by atoms with E-state index in [9.17, 15) is 32.4 Å². The van der Waals surface area contributed by atoms with Gasteiger partial charge < -0.3 is 25.0 Å². The molecule has 16 heteroatoms. The lowest BCUT2D eigenvalue weighted by Gasteiger charge is -2.33. The summed E-state index contributed by atoms with van der Waals surface area (Å²) < 4.78 is 41.4. The van der Waals surface area contributed by atoms with Crippen molar-refractivity contribution in [3.8, 4) is 5.88 Å². The van der Waals surface area contributed by atoms with Crippen LogP contribution in [0.1, 0.15) is 104 Å². The third-order valence-corrected chi connectivity index (χ3v) is 12.7. The lowest BCUT2D eigenvalue weighted by atomic mass is 9.88. The molecule has 0 spiro atoms. The first kappa shape index (κ1) is 40.2. The maximum atomic E-state index is 14.8. The Balaban J connectivity index is 0.00000300. The van der Waals surface area contributed by atoms with Gasteiger partial charge in [0.2, 0.25) is 27.7 Å². The van der Waals surface area contributed by atoms with Crippen LogP contribution in [0.15, 0.2) is 41.2 Å². The predicted molar refractivity (Wildman–Crippen MR) is 211 cm³/mol. The Morgan fingerprint density at radius 3 is 2.40 bits per heavy atom. The third kappa shape index (κ3) is 8.84. The van der Waals surface area contributed by atoms with Crippen LogP contribution in [0.2, 0.25) is 0 Å². The molecule has 2 aromatic rings. The zero-order chi connectivity index (χ0) is 40.0. The molecule has 2 saturated carbocycles. The molecule has 0 radical (unpaired) electrons. The first-order chi connectivity index (χ1) is 25.8. The molecule has 3 heterocycles. The fourth-order valence-corrected chi connectivity index (χ4v) is 9.07. The highest BCUT2D eigenvalue weighted by Gasteiger charge is 2.62. The summed E-state index contributed by atoms with van der Waals surface area (Å²) in [5.41, 5.74) is -2.66. The Hall–Kier alpha value is -4.47. The molecule has 3 N–H and O–H groups in total. The number of ether oxygens (including phenoxy) is 2. The minimum atomic E-state index is -3.92. The summed E-state index contributed by atoms with van der Waals surface area (Å²) in [7, 11) is -3.92. The van der Waals surface area contributed by atoms with Crippen molar-refractivity contribution >= 4 is 44.6 Å². The second-order valence-corrected chi connectivity index (χ2v) is 19.0. The number of nitrogens with zero attached hydrogens (tertiary/aromatic N) is 3. The van der Waals surface area contributed by atoms with Crippen LogP contribution < -0.4 is 25.7 Å². The Kier molecular flexibility index (Phi) is 11.1. The topological polar surface area (TPSA) is 195 Å². The zero-order valence-corrected chi connectivity index (χ0v) is 33.5. The van der Waals surface area contributed by atoms with Gasteiger partial charge in [-0.3, -0.25) is 23.9 Å². The number of aromatic nitrogens is 2. The minimum absolute atomic E-state index is 0. The summed E-state index contributed by atoms with van der Waals surface area (Å²) in [4.78, 5) is 70.9. The molecule has 7 atom stereocenters. The Morgan fingerprint density at radius 1 is 1.05 bits per heavy atom. The predicted octanol–water partition coefficient (Wildman–Crippen LogP) is 4.45. The second kappa shape index (κ2) is 15.2. The number of allylic oxidation sites excluding steroid dienone is 1. The molecule has 1 aromatic carbocycles. The summed E-state index contributed by atoms with van der Waals surface area (Å²) in [5.74, 6) is -2.54. The molecule has 6 rings (SSSR count). The summed E-state index contributed by atoms with van der Waals surface area (Å²) in [6.07, 6.45) is 5.31. The van der Waals surface area contributed by atoms with Crippen molar-refractivity contribution in [1.82, 2.24) is 30.0 Å². The highest BCUT2D eigenvalue weighted by atomic mass is 32.2. The lowest BCUT2D eigenvalue weighted by molar-refractivity contribution is -0.142. The lowest BCUT2D eigenvalue weighted by Crippen LogP contribution is -2.59. The molecule has 55 heavy (non-hydrogen) atoms. The van der Waals surface area contributed by atoms with Gasteiger partial charge in [0.1, 0.15) is 29.3 Å². The Labute approximate surface area is 326 Å². The van der Waals surface area contributed by atoms with Crippen LogP contribution in [-0.4, -0.2) is 88.0 Å². The molecule has 1 aromatic heterocycles. The molecular formula is C39H60N6O9S. The van der Waals surface area contributed by atoms with E-state index < -0.39 is 74.3 Å². The van der Waals surface area contributed by atoms with Gasteiger partial charge in [-0.15, -0.1) is 5.10 Å². The Bertz CT molecular complexity index is 2060. The first-order valence-electron chi connectivity index (χ1n) is 19.3. The molecule has 4 aliphatic rings. The smallest absolute Gasteiger partial charge is 0.408 e. The molecular weight excluding hydrogens is 729 g/mol. The molecule has 2 aliphatic carbocycles. The van der Waals surface area contributed by atoms with Crippen LogP contribution in [0, 0.1) is 17.8 Å². The van der Waals surface area contributed by atoms with Crippen molar-refractivity contribution < 1.29 is 41.3 Å². The van der Waals surface area contributed by atoms with Crippen LogP contribution in [0.3, 0.4) is 0 Å². The molecule has 306 valence electrons. The van der Waals surface area contributed by atoms with E-state index in [1.807, 2.05) is 32.9 Å². The number of nitrogens with one attached hydrogen (secondary N) is 3. The highest BCUT2D eigenvalue weighted by molar-refractivity contribution is 7.91. The van der Waals surface area contributed by atoms with Crippen LogP contribution in [-0.2, 0) is 29.1 Å². The van der Waals surface area contributed by atoms with Crippen molar-refractivity contribution in [2.45, 2.75) is 134 Å². The highest BCUT2D eigenvalue weighted by Crippen LogP contribution is 2.46. The monoisotopic (exact) mass is 788 g/mol. The van der Waals surface area contributed by atoms with Gasteiger partial charge in [-0.1, -0.05) is 38.1 Å². The molecule has 4 amide bonds. The summed E-state index contributed by atoms with van der Waals surface area (Å²) >= 11 is 0. The standard InChI is InChI=1S/C39H54N6O9S.3H2/c1-22(2)45-34(47)29-15-11-10-14-28(29)33(42-45)53-26-19-30-32(46)41-39(36(49)43-55(51,52)27-16-17-27)20-25(39)13-9-8-12-23(3)18-24(4)31(35(48)44(30)21-26)40-37(50)54-38(5,6)7;;;/h9-11,13-15,22-27,30-31H,8,12,16-21H2,1-7H3,(H,40,50)(H,41,46)(H,43,49);3*1H/b13-9-;;;/t23-,24+,25+,26+,30-,31-,39+;;;/m0.../s1. The largest absolute Gasteiger partial charge is 0.471 e. The second-order valence-electron chi connectivity index (χ2n) is 17.1. The number of hydrogen-bond donors (Lipinski definition) is 3. The van der Waals surface area contributed by atoms with Gasteiger partial charge in [-0.2, -0.15) is 0 Å². The first-order valence-corrected chi connectivity index (χ1v) is 20.9. The summed E-state index contributed by atoms with van der Waals surface area (Å²) in [6, 6.07) is 4.37. The number of hydrogen-bond acceptors (Lipinski definition) is 10. The van der Waals surface area contributed by atoms with E-state index in [4.69, 9.17) is 9.47 Å². The number of rotatable bonds is 7. The SMILES string of the molecule is CC(C)n1nc(O[C@@H]2C[C@H]3C(=O)N[C@]4(C(=O)NS(=O)(=O)C5CC5)C[C@H]4/C=C\CC[C@H](C)C[C@@H](C)[C@H](NC(=O)OC(C)(C)C)C(=O)N3C2)c2ccccc2c1=O.[HH].[HH].[HH]. The fraction of sp³-hybridized carbons (Fsp3) is 0.641. The normalized spacial score (nSPS) is 29.6. The average molecular weight is 789 g/mol. The van der Waals surface area contributed by atoms with Crippen molar-refractivity contribution in [2.75, 3.05) is 6.54 Å². The van der Waals surface area contributed by atoms with E-state index in [1.165, 1.54) is 9.58 Å². The third-order valence-electron chi connectivity index (χ3n) is 10.9. The maximum Gasteiger partial charge on any atom is 0.408 e. The van der Waals surface area contributed by atoms with Gasteiger partial charge in [0.25, 0.3) is 11.5 Å². The van der Waals surface area contributed by atoms with Crippen molar-refractivity contribution in [2.24, 2.45) is 17.8 Å². The fourth-order valence-electron chi connectivity index (χ4n) is 7.70. The van der Waals surface area contributed by atoms with Crippen LogP contribution in [0.5, 0.6) is 5.88 Å². The van der Waals surface area contributed by atoms with Gasteiger partial charge in [0.15, 0.2) is 0 Å². The number of sulfonamides is 1. The van der Waals surface area contributed by atoms with E-state index in [0.717, 1.165) is 6.42 Å². The van der Waals surface area contributed by atoms with Crippen molar-refractivity contribution in [1.29, 1.82) is 0 Å². The maximum absolute atomic E-state index is 14.8. The van der Waals surface area contributed by atoms with Gasteiger partial charge in [0, 0.05) is 16.6 Å². The van der Waals surface area contributed by atoms with E-state index in [1.54, 1.807) is 45.0 Å². The van der Waals surface area contributed by atoms with Crippen LogP contribution in [0.25, 0.3) is 10.8 Å². The Morgan fingerprint density at radius 2 is 1.75 bits per heavy atom. The van der Waals surface area contributed by atoms with Crippen molar-refractivity contribution in [3.63, 3.8) is 0 Å². The van der Waals surface area contributed by atoms with Gasteiger partial charge in [0.05, 0.1) is 28.6 Å². The van der Waals surface area contributed by atoms with Crippen LogP contribution in [0.4, 0.5) is 4.79 Å². The van der Waals surface area contributed by atoms with Gasteiger partial charge >= 0.3 is 6.09 Å². The quantitative estimate of drug-likeness (QED) is 0.338. The summed E-state index contributed by atoms with van der Waals surface area (Å²) in [5, 5.41) is 10.4. The molecule has 3 fully saturated rings. The van der Waals surface area contributed by atoms with Gasteiger partial charge in [-0.05, 0) is 97.1 Å². The molecule has 0 unspecified atom stereocenters. The summed E-state index contributed by atoms with van der Waals surface area (Å²) in [6.45, 7) is 12.7. The minimum Gasteiger partial charge on any atom is -0.471 e. The van der Waals surface area contributed by atoms with Crippen molar-refractivity contribution in [3.05, 3.63) is 46.8 Å². The number of fused-ring (bicyclic) bond motifs is 3. The number of carbonyl (C=O) groups is 4. The van der Waals surface area contributed by atoms with E-state index in [0.29, 0.717) is 36.5 Å². The van der Waals surface area contributed by atoms with Gasteiger partial charge in [-0.25, -0.2) is 17.9 Å². The molecule has 15 nitrogen and oxygen atoms in total. The molecule has 0 bridgehead atoms. The molecule has 2 aliphatic heterocycles. The van der Waals surface area contributed by atoms with E-state index in [-0.39, 0.29) is 53.0 Å². The number of amides is 4. The van der Waals surface area contributed by atoms with Crippen LogP contribution >= 0.6 is 0 Å². The number of carbonyl (C=O) groups excluding carboxylic acids is 4. The number of benzene rings is 1. The number of alkyl carbamates (subject to hydrolysis) is 1. The van der Waals surface area contributed by atoms with E-state index in [2.05, 4.69) is 27.4 Å². The van der Waals surface area contributed by atoms with E-state index >= 15 is 0 Å². The molecule has 1 saturated heterocycles. The average Bonchev–Trinajstić information content (AvgIpc) is 4.02.